The maximum atomic E-state index is 13.1. The molecule has 4 nitrogen and oxygen atoms in total. The number of para-hydroxylation sites is 1. The Kier molecular flexibility index (Phi) is 6.58. The molecule has 0 unspecified atom stereocenters. The smallest absolute Gasteiger partial charge is 0.149 e. The lowest BCUT2D eigenvalue weighted by Crippen LogP contribution is -2.17. The minimum absolute atomic E-state index is 0.173. The first-order valence-electron chi connectivity index (χ1n) is 29.9. The van der Waals surface area contributed by atoms with Gasteiger partial charge in [0.1, 0.15) is 11.6 Å². The molecule has 0 fully saturated rings. The van der Waals surface area contributed by atoms with E-state index in [1.807, 2.05) is 154 Å². The van der Waals surface area contributed by atoms with E-state index in [4.69, 9.17) is 34.6 Å². The van der Waals surface area contributed by atoms with Crippen LogP contribution in [0.25, 0.3) is 83.9 Å². The molecule has 0 spiro atoms. The van der Waals surface area contributed by atoms with Gasteiger partial charge in [-0.3, -0.25) is 9.55 Å². The van der Waals surface area contributed by atoms with Crippen LogP contribution in [0.15, 0.2) is 176 Å². The fraction of sp³-hybridized carbons (Fsp3) is 0.200. The van der Waals surface area contributed by atoms with Gasteiger partial charge in [0.25, 0.3) is 0 Å². The molecule has 0 saturated carbocycles. The van der Waals surface area contributed by atoms with E-state index in [2.05, 4.69) is 0 Å². The third kappa shape index (κ3) is 8.17. The third-order valence-corrected chi connectivity index (χ3v) is 11.6. The van der Waals surface area contributed by atoms with Crippen molar-refractivity contribution in [3.63, 3.8) is 0 Å². The van der Waals surface area contributed by atoms with Crippen molar-refractivity contribution in [2.24, 2.45) is 0 Å². The lowest BCUT2D eigenvalue weighted by Gasteiger charge is -2.28. The second kappa shape index (κ2) is 16.3. The maximum absolute atomic E-state index is 13.1. The zero-order valence-electron chi connectivity index (χ0n) is 53.5. The first kappa shape index (κ1) is 25.9. The summed E-state index contributed by atoms with van der Waals surface area (Å²) in [7, 11) is 0. The van der Waals surface area contributed by atoms with Crippen molar-refractivity contribution in [1.29, 1.82) is 0 Å². The quantitative estimate of drug-likeness (QED) is 0.174. The molecule has 7 aromatic carbocycles. The van der Waals surface area contributed by atoms with Crippen LogP contribution in [0, 0.1) is 0 Å². The van der Waals surface area contributed by atoms with Gasteiger partial charge in [-0.15, -0.1) is 0 Å². The number of aromatic nitrogens is 3. The van der Waals surface area contributed by atoms with Gasteiger partial charge in [-0.25, -0.2) is 4.98 Å². The Morgan fingerprint density at radius 3 is 1.73 bits per heavy atom. The molecule has 0 bridgehead atoms. The monoisotopic (exact) mass is 854 g/mol. The molecule has 1 N–H and O–H groups in total. The second-order valence-corrected chi connectivity index (χ2v) is 17.2. The average Bonchev–Trinajstić information content (AvgIpc) is 0.909. The number of fused-ring (bicyclic) bond motifs is 1. The van der Waals surface area contributed by atoms with Crippen LogP contribution >= 0.6 is 0 Å². The largest absolute Gasteiger partial charge is 0.507 e. The molecule has 0 saturated heterocycles. The van der Waals surface area contributed by atoms with E-state index in [-0.39, 0.29) is 11.0 Å². The number of aromatic hydroxyl groups is 1. The van der Waals surface area contributed by atoms with E-state index in [0.29, 0.717) is 45.3 Å². The number of rotatable bonds is 7. The van der Waals surface area contributed by atoms with Crippen molar-refractivity contribution in [2.45, 2.75) is 78.1 Å². The summed E-state index contributed by atoms with van der Waals surface area (Å²) in [5, 5.41) is 13.1. The summed E-state index contributed by atoms with van der Waals surface area (Å²) >= 11 is 0. The number of imidazole rings is 1. The van der Waals surface area contributed by atoms with Crippen LogP contribution < -0.4 is 0 Å². The highest BCUT2D eigenvalue weighted by molar-refractivity contribution is 5.98. The van der Waals surface area contributed by atoms with E-state index in [1.165, 1.54) is 4.57 Å². The van der Waals surface area contributed by atoms with Crippen LogP contribution in [-0.2, 0) is 16.2 Å². The number of phenolic OH excluding ortho intramolecular Hbond substituents is 1. The van der Waals surface area contributed by atoms with Crippen LogP contribution in [0.1, 0.15) is 103 Å². The Morgan fingerprint density at radius 2 is 1.08 bits per heavy atom. The second-order valence-electron chi connectivity index (χ2n) is 17.2. The highest BCUT2D eigenvalue weighted by Crippen LogP contribution is 2.46. The summed E-state index contributed by atoms with van der Waals surface area (Å²) in [4.78, 5) is 10.0. The molecule has 64 heavy (non-hydrogen) atoms. The van der Waals surface area contributed by atoms with Gasteiger partial charge in [0.15, 0.2) is 0 Å². The highest BCUT2D eigenvalue weighted by atomic mass is 16.3. The fourth-order valence-corrected chi connectivity index (χ4v) is 8.24. The van der Waals surface area contributed by atoms with Crippen molar-refractivity contribution < 1.29 is 29.8 Å². The lowest BCUT2D eigenvalue weighted by molar-refractivity contribution is 0.446. The molecule has 0 aliphatic carbocycles. The van der Waals surface area contributed by atoms with Gasteiger partial charge in [-0.2, -0.15) is 0 Å². The van der Waals surface area contributed by atoms with E-state index in [1.54, 1.807) is 30.5 Å². The van der Waals surface area contributed by atoms with Crippen LogP contribution in [0.5, 0.6) is 5.75 Å². The molecule has 2 heterocycles. The topological polar surface area (TPSA) is 50.9 Å². The maximum Gasteiger partial charge on any atom is 0.149 e. The van der Waals surface area contributed by atoms with Gasteiger partial charge < -0.3 is 5.11 Å². The van der Waals surface area contributed by atoms with Crippen molar-refractivity contribution in [3.05, 3.63) is 193 Å². The van der Waals surface area contributed by atoms with E-state index in [0.717, 1.165) is 33.9 Å². The van der Waals surface area contributed by atoms with E-state index < -0.39 is 85.6 Å². The van der Waals surface area contributed by atoms with Crippen LogP contribution in [0.2, 0.25) is 0 Å². The molecule has 9 rings (SSSR count). The summed E-state index contributed by atoms with van der Waals surface area (Å²) in [5.41, 5.74) is -3.44. The van der Waals surface area contributed by atoms with Crippen molar-refractivity contribution >= 4 is 11.0 Å². The number of benzene rings is 7. The summed E-state index contributed by atoms with van der Waals surface area (Å²) in [5.74, 6) is -1.77. The van der Waals surface area contributed by atoms with E-state index in [9.17, 15) is 5.11 Å². The Balaban J connectivity index is 1.50. The first-order chi connectivity index (χ1) is 38.0. The number of phenols is 1. The normalized spacial score (nSPS) is 17.5. The molecule has 318 valence electrons. The molecule has 0 aliphatic rings. The molecular formula is C60H57N3O. The Bertz CT molecular complexity index is 3760. The van der Waals surface area contributed by atoms with E-state index >= 15 is 0 Å². The summed E-state index contributed by atoms with van der Waals surface area (Å²) < 4.78 is 160. The number of nitrogens with zero attached hydrogens (tertiary/aromatic N) is 3. The predicted molar refractivity (Wildman–Crippen MR) is 269 cm³/mol. The Morgan fingerprint density at radius 1 is 0.469 bits per heavy atom. The number of hydrogen-bond donors (Lipinski definition) is 1. The van der Waals surface area contributed by atoms with Crippen LogP contribution in [-0.4, -0.2) is 19.6 Å². The number of hydrogen-bond acceptors (Lipinski definition) is 3. The lowest BCUT2D eigenvalue weighted by atomic mass is 9.79. The predicted octanol–water partition coefficient (Wildman–Crippen LogP) is 16.0. The standard InChI is InChI=1S/C60H57N3O/c1-58(2,3)46-28-29-53(49(36-46)41-24-17-12-18-25-41)63-54-27-19-26-48(55(54)62-57(63)50-37-47(59(4,5)6)38-51(56(50)64)60(7,8)9)44-32-43(40-22-15-11-16-23-40)33-45(34-44)52-35-42(30-31-61-52)39-20-13-10-14-21-39/h10-38,64H,1-9H3/i4D3,5D3,6D3,7D3,8D3,9D3. The van der Waals surface area contributed by atoms with Gasteiger partial charge in [0.2, 0.25) is 0 Å². The van der Waals surface area contributed by atoms with Gasteiger partial charge in [-0.1, -0.05) is 177 Å². The van der Waals surface area contributed by atoms with Crippen molar-refractivity contribution in [2.75, 3.05) is 0 Å². The molecule has 0 radical (unpaired) electrons. The average molecular weight is 854 g/mol. The molecule has 2 aromatic heterocycles. The third-order valence-electron chi connectivity index (χ3n) is 11.6. The Hall–Kier alpha value is -7.04. The van der Waals surface area contributed by atoms with Crippen molar-refractivity contribution in [3.8, 4) is 78.6 Å². The molecule has 0 aliphatic heterocycles. The molecule has 4 heteroatoms. The Labute approximate surface area is 404 Å². The zero-order chi connectivity index (χ0) is 60.0. The highest BCUT2D eigenvalue weighted by Gasteiger charge is 2.30. The number of pyridine rings is 1. The van der Waals surface area contributed by atoms with Gasteiger partial charge in [0.05, 0.1) is 28.0 Å². The molecule has 0 atom stereocenters. The molecular weight excluding hydrogens is 779 g/mol. The van der Waals surface area contributed by atoms with Crippen molar-refractivity contribution in [1.82, 2.24) is 14.5 Å². The minimum atomic E-state index is -4.14. The SMILES string of the molecule is [2H]C([2H])([2H])C(c1cc(-c2nc3c(-c4cc(-c5ccccc5)cc(-c5cc(-c6ccccc6)ccn5)c4)cccc3n2-c2ccc(C(C)(C)C)cc2-c2ccccc2)c(O)c(C(C([2H])([2H])[2H])(C([2H])([2H])[2H])C([2H])([2H])[2H])c1)(C([2H])([2H])[2H])C([2H])([2H])[2H]. The first-order valence-corrected chi connectivity index (χ1v) is 20.9. The summed E-state index contributed by atoms with van der Waals surface area (Å²) in [6.45, 7) is -18.5. The van der Waals surface area contributed by atoms with Gasteiger partial charge in [-0.05, 0) is 115 Å². The van der Waals surface area contributed by atoms with Gasteiger partial charge in [0, 0.05) is 53.1 Å². The van der Waals surface area contributed by atoms with Crippen LogP contribution in [0.3, 0.4) is 0 Å². The van der Waals surface area contributed by atoms with Crippen LogP contribution in [0.4, 0.5) is 0 Å². The molecule has 9 aromatic rings. The zero-order valence-corrected chi connectivity index (χ0v) is 35.5. The molecule has 0 amide bonds. The van der Waals surface area contributed by atoms with Gasteiger partial charge >= 0.3 is 0 Å². The summed E-state index contributed by atoms with van der Waals surface area (Å²) in [6.07, 6.45) is 1.71. The fourth-order valence-electron chi connectivity index (χ4n) is 8.24. The minimum Gasteiger partial charge on any atom is -0.507 e. The summed E-state index contributed by atoms with van der Waals surface area (Å²) in [6, 6.07) is 50.0.